The van der Waals surface area contributed by atoms with Crippen LogP contribution in [0.15, 0.2) is 69.6 Å². The minimum absolute atomic E-state index is 0.0652. The molecule has 3 N–H and O–H groups in total. The van der Waals surface area contributed by atoms with Crippen LogP contribution in [0.2, 0.25) is 5.02 Å². The number of carbonyl (C=O) groups excluding carboxylic acids is 2. The van der Waals surface area contributed by atoms with E-state index in [9.17, 15) is 9.59 Å². The van der Waals surface area contributed by atoms with Crippen LogP contribution in [0.3, 0.4) is 0 Å². The first-order chi connectivity index (χ1) is 15.3. The molecule has 0 radical (unpaired) electrons. The third-order valence-electron chi connectivity index (χ3n) is 4.11. The Hall–Kier alpha value is -2.46. The van der Waals surface area contributed by atoms with Crippen LogP contribution in [0.1, 0.15) is 5.56 Å². The van der Waals surface area contributed by atoms with Gasteiger partial charge >= 0.3 is 0 Å². The maximum atomic E-state index is 12.1. The number of ether oxygens (including phenoxy) is 1. The van der Waals surface area contributed by atoms with Gasteiger partial charge in [0.15, 0.2) is 11.7 Å². The number of hydrazine groups is 1. The highest BCUT2D eigenvalue weighted by Crippen LogP contribution is 2.34. The van der Waals surface area contributed by atoms with Crippen molar-refractivity contribution >= 4 is 89.5 Å². The van der Waals surface area contributed by atoms with Gasteiger partial charge in [-0.05, 0) is 74.8 Å². The molecule has 0 unspecified atom stereocenters. The van der Waals surface area contributed by atoms with E-state index in [2.05, 4.69) is 48.0 Å². The number of hydrogen-bond donors (Lipinski definition) is 3. The maximum Gasteiger partial charge on any atom is 0.276 e. The van der Waals surface area contributed by atoms with Crippen LogP contribution in [-0.2, 0) is 9.59 Å². The third-order valence-corrected chi connectivity index (χ3v) is 5.97. The van der Waals surface area contributed by atoms with Crippen LogP contribution in [0.5, 0.6) is 5.75 Å². The van der Waals surface area contributed by atoms with E-state index in [1.165, 1.54) is 6.08 Å². The predicted molar refractivity (Wildman–Crippen MR) is 137 cm³/mol. The van der Waals surface area contributed by atoms with Crippen molar-refractivity contribution in [2.45, 2.75) is 0 Å². The van der Waals surface area contributed by atoms with Crippen molar-refractivity contribution in [1.29, 1.82) is 0 Å². The van der Waals surface area contributed by atoms with Crippen molar-refractivity contribution in [3.05, 3.63) is 80.2 Å². The molecule has 0 saturated heterocycles. The van der Waals surface area contributed by atoms with Gasteiger partial charge in [0.25, 0.3) is 5.91 Å². The van der Waals surface area contributed by atoms with E-state index in [1.54, 1.807) is 30.3 Å². The van der Waals surface area contributed by atoms with E-state index in [1.807, 2.05) is 30.3 Å². The molecule has 0 atom stereocenters. The average Bonchev–Trinajstić information content (AvgIpc) is 2.76. The predicted octanol–water partition coefficient (Wildman–Crippen LogP) is 5.13. The minimum Gasteiger partial charge on any atom is -0.483 e. The third kappa shape index (κ3) is 6.77. The molecule has 0 heterocycles. The lowest BCUT2D eigenvalue weighted by Crippen LogP contribution is -2.49. The summed E-state index contributed by atoms with van der Waals surface area (Å²) >= 11 is 18.0. The molecule has 32 heavy (non-hydrogen) atoms. The molecule has 0 aromatic heterocycles. The van der Waals surface area contributed by atoms with Gasteiger partial charge in [-0.2, -0.15) is 0 Å². The van der Waals surface area contributed by atoms with Crippen molar-refractivity contribution < 1.29 is 14.3 Å². The maximum absolute atomic E-state index is 12.1. The second-order valence-electron chi connectivity index (χ2n) is 6.38. The van der Waals surface area contributed by atoms with Crippen molar-refractivity contribution in [1.82, 2.24) is 16.2 Å². The van der Waals surface area contributed by atoms with Crippen molar-refractivity contribution in [2.24, 2.45) is 0 Å². The van der Waals surface area contributed by atoms with Gasteiger partial charge in [0, 0.05) is 15.6 Å². The largest absolute Gasteiger partial charge is 0.483 e. The first kappa shape index (κ1) is 24.2. The smallest absolute Gasteiger partial charge is 0.276 e. The van der Waals surface area contributed by atoms with Gasteiger partial charge in [0.2, 0.25) is 5.91 Å². The molecular formula is C22H16Br2ClN3O3S. The molecule has 0 saturated carbocycles. The number of hydrogen-bond acceptors (Lipinski definition) is 4. The Labute approximate surface area is 211 Å². The first-order valence-electron chi connectivity index (χ1n) is 9.16. The molecule has 0 aliphatic carbocycles. The van der Waals surface area contributed by atoms with Crippen molar-refractivity contribution in [3.63, 3.8) is 0 Å². The standard InChI is InChI=1S/C22H16Br2ClN3O3S/c23-15-7-8-16-14(11-15)5-9-18(21(16)24)31-12-20(30)27-28-22(32)26-19(29)10-6-13-3-1-2-4-17(13)25/h1-11H,12H2,(H,27,30)(H2,26,28,29,32). The van der Waals surface area contributed by atoms with Gasteiger partial charge in [0.05, 0.1) is 4.47 Å². The fraction of sp³-hybridized carbons (Fsp3) is 0.0455. The molecule has 0 bridgehead atoms. The van der Waals surface area contributed by atoms with Gasteiger partial charge in [0.1, 0.15) is 5.75 Å². The van der Waals surface area contributed by atoms with E-state index in [0.717, 1.165) is 19.7 Å². The number of benzene rings is 3. The molecule has 0 aliphatic rings. The molecule has 164 valence electrons. The summed E-state index contributed by atoms with van der Waals surface area (Å²) in [5, 5.41) is 4.85. The summed E-state index contributed by atoms with van der Waals surface area (Å²) in [6.45, 7) is -0.253. The fourth-order valence-corrected chi connectivity index (χ4v) is 3.96. The van der Waals surface area contributed by atoms with E-state index in [-0.39, 0.29) is 11.7 Å². The molecule has 3 rings (SSSR count). The quantitative estimate of drug-likeness (QED) is 0.216. The Morgan fingerprint density at radius 3 is 2.62 bits per heavy atom. The van der Waals surface area contributed by atoms with E-state index in [0.29, 0.717) is 16.3 Å². The highest BCUT2D eigenvalue weighted by atomic mass is 79.9. The molecular weight excluding hydrogens is 582 g/mol. The number of fused-ring (bicyclic) bond motifs is 1. The van der Waals surface area contributed by atoms with E-state index >= 15 is 0 Å². The lowest BCUT2D eigenvalue weighted by atomic mass is 10.1. The second-order valence-corrected chi connectivity index (χ2v) is 8.90. The van der Waals surface area contributed by atoms with Crippen LogP contribution in [0, 0.1) is 0 Å². The molecule has 10 heteroatoms. The topological polar surface area (TPSA) is 79.5 Å². The molecule has 2 amide bonds. The van der Waals surface area contributed by atoms with Gasteiger partial charge < -0.3 is 4.74 Å². The number of halogens is 3. The zero-order valence-electron chi connectivity index (χ0n) is 16.3. The number of thiocarbonyl (C=S) groups is 1. The average molecular weight is 598 g/mol. The van der Waals surface area contributed by atoms with Gasteiger partial charge in [-0.3, -0.25) is 25.8 Å². The highest BCUT2D eigenvalue weighted by molar-refractivity contribution is 9.11. The lowest BCUT2D eigenvalue weighted by molar-refractivity contribution is -0.123. The number of rotatable bonds is 5. The molecule has 3 aromatic carbocycles. The summed E-state index contributed by atoms with van der Waals surface area (Å²) in [7, 11) is 0. The summed E-state index contributed by atoms with van der Waals surface area (Å²) in [6, 6.07) is 16.6. The Bertz CT molecular complexity index is 1220. The Kier molecular flexibility index (Phi) is 8.63. The van der Waals surface area contributed by atoms with E-state index < -0.39 is 11.8 Å². The van der Waals surface area contributed by atoms with Gasteiger partial charge in [-0.15, -0.1) is 0 Å². The zero-order chi connectivity index (χ0) is 23.1. The SMILES string of the molecule is O=C(C=Cc1ccccc1Cl)NC(=S)NNC(=O)COc1ccc2cc(Br)ccc2c1Br. The fourth-order valence-electron chi connectivity index (χ4n) is 2.62. The Morgan fingerprint density at radius 2 is 1.84 bits per heavy atom. The van der Waals surface area contributed by atoms with E-state index in [4.69, 9.17) is 28.6 Å². The van der Waals surface area contributed by atoms with Crippen LogP contribution in [0.4, 0.5) is 0 Å². The van der Waals surface area contributed by atoms with Crippen LogP contribution < -0.4 is 20.9 Å². The number of amides is 2. The summed E-state index contributed by atoms with van der Waals surface area (Å²) < 4.78 is 7.30. The highest BCUT2D eigenvalue weighted by Gasteiger charge is 2.10. The second kappa shape index (κ2) is 11.4. The van der Waals surface area contributed by atoms with Crippen LogP contribution in [-0.4, -0.2) is 23.5 Å². The molecule has 0 aliphatic heterocycles. The molecule has 0 fully saturated rings. The van der Waals surface area contributed by atoms with Crippen LogP contribution in [0.25, 0.3) is 16.8 Å². The summed E-state index contributed by atoms with van der Waals surface area (Å²) in [4.78, 5) is 24.0. The summed E-state index contributed by atoms with van der Waals surface area (Å²) in [5.41, 5.74) is 5.52. The number of nitrogens with one attached hydrogen (secondary N) is 3. The molecule has 6 nitrogen and oxygen atoms in total. The minimum atomic E-state index is -0.476. The Morgan fingerprint density at radius 1 is 1.06 bits per heavy atom. The molecule has 0 spiro atoms. The summed E-state index contributed by atoms with van der Waals surface area (Å²) in [5.74, 6) is -0.425. The van der Waals surface area contributed by atoms with Gasteiger partial charge in [-0.25, -0.2) is 0 Å². The van der Waals surface area contributed by atoms with Crippen molar-refractivity contribution in [2.75, 3.05) is 6.61 Å². The number of carbonyl (C=O) groups is 2. The van der Waals surface area contributed by atoms with Gasteiger partial charge in [-0.1, -0.05) is 57.9 Å². The Balaban J connectivity index is 1.45. The first-order valence-corrected chi connectivity index (χ1v) is 11.5. The lowest BCUT2D eigenvalue weighted by Gasteiger charge is -2.12. The van der Waals surface area contributed by atoms with Crippen molar-refractivity contribution in [3.8, 4) is 5.75 Å². The summed E-state index contributed by atoms with van der Waals surface area (Å²) in [6.07, 6.45) is 2.85. The monoisotopic (exact) mass is 595 g/mol. The molecule has 3 aromatic rings. The normalized spacial score (nSPS) is 10.7. The van der Waals surface area contributed by atoms with Crippen LogP contribution >= 0.6 is 55.7 Å². The zero-order valence-corrected chi connectivity index (χ0v) is 21.1.